The van der Waals surface area contributed by atoms with Crippen molar-refractivity contribution in [3.63, 3.8) is 0 Å². The number of hydrogen-bond donors (Lipinski definition) is 0. The number of rotatable bonds is 10. The van der Waals surface area contributed by atoms with Gasteiger partial charge in [-0.15, -0.1) is 0 Å². The lowest BCUT2D eigenvalue weighted by molar-refractivity contribution is 1.07. The molecule has 3 heterocycles. The standard InChI is InChI=1S/C75H49N5/c1-7-23-50(24-8-1)53-39-41-56(42-40-53)73-76-74(59-46-57(51-25-9-2-10-26-51)45-58(47-59)52-27-11-3-12-28-52)78-75(77-73)60-48-65(54-29-13-4-14-30-54)71(66(49-60)55-31-15-5-16-32-55)80-67-37-21-19-35-62(67)63-43-44-69-70(72(63)80)64-36-20-22-38-68(64)79(69)61-33-17-6-18-34-61/h1-49H. The predicted molar refractivity (Wildman–Crippen MR) is 332 cm³/mol. The summed E-state index contributed by atoms with van der Waals surface area (Å²) in [6, 6.07) is 106. The minimum atomic E-state index is 0.569. The molecule has 0 aliphatic heterocycles. The van der Waals surface area contributed by atoms with Crippen LogP contribution >= 0.6 is 0 Å². The van der Waals surface area contributed by atoms with Crippen LogP contribution in [0.1, 0.15) is 0 Å². The van der Waals surface area contributed by atoms with Gasteiger partial charge in [0.2, 0.25) is 0 Å². The highest BCUT2D eigenvalue weighted by Gasteiger charge is 2.26. The summed E-state index contributed by atoms with van der Waals surface area (Å²) in [5, 5.41) is 4.75. The molecule has 3 aromatic heterocycles. The Labute approximate surface area is 463 Å². The highest BCUT2D eigenvalue weighted by molar-refractivity contribution is 6.26. The van der Waals surface area contributed by atoms with E-state index in [1.807, 2.05) is 6.07 Å². The number of para-hydroxylation sites is 3. The van der Waals surface area contributed by atoms with Gasteiger partial charge in [0.1, 0.15) is 0 Å². The molecular formula is C75H49N5. The molecule has 0 N–H and O–H groups in total. The van der Waals surface area contributed by atoms with Crippen molar-refractivity contribution < 1.29 is 0 Å². The van der Waals surface area contributed by atoms with Crippen molar-refractivity contribution in [3.05, 3.63) is 297 Å². The van der Waals surface area contributed by atoms with E-state index in [1.54, 1.807) is 0 Å². The van der Waals surface area contributed by atoms with Crippen LogP contribution in [0.3, 0.4) is 0 Å². The van der Waals surface area contributed by atoms with Crippen LogP contribution in [0.25, 0.3) is 145 Å². The van der Waals surface area contributed by atoms with Gasteiger partial charge in [0.15, 0.2) is 17.5 Å². The normalized spacial score (nSPS) is 11.5. The number of hydrogen-bond acceptors (Lipinski definition) is 3. The highest BCUT2D eigenvalue weighted by Crippen LogP contribution is 2.47. The summed E-state index contributed by atoms with van der Waals surface area (Å²) in [7, 11) is 0. The second-order valence-corrected chi connectivity index (χ2v) is 20.3. The van der Waals surface area contributed by atoms with Crippen LogP contribution in [0.5, 0.6) is 0 Å². The van der Waals surface area contributed by atoms with Crippen molar-refractivity contribution in [1.82, 2.24) is 24.1 Å². The third kappa shape index (κ3) is 8.15. The summed E-state index contributed by atoms with van der Waals surface area (Å²) in [5.41, 5.74) is 20.3. The summed E-state index contributed by atoms with van der Waals surface area (Å²) in [4.78, 5) is 16.5. The molecule has 0 radical (unpaired) electrons. The zero-order chi connectivity index (χ0) is 52.9. The molecule has 12 aromatic carbocycles. The molecule has 15 rings (SSSR count). The van der Waals surface area contributed by atoms with Gasteiger partial charge < -0.3 is 9.13 Å². The largest absolute Gasteiger partial charge is 0.309 e. The van der Waals surface area contributed by atoms with Gasteiger partial charge in [-0.2, -0.15) is 0 Å². The third-order valence-corrected chi connectivity index (χ3v) is 15.5. The molecule has 5 nitrogen and oxygen atoms in total. The monoisotopic (exact) mass is 1020 g/mol. The molecule has 0 amide bonds. The second kappa shape index (κ2) is 19.7. The van der Waals surface area contributed by atoms with E-state index in [9.17, 15) is 0 Å². The van der Waals surface area contributed by atoms with E-state index in [2.05, 4.69) is 300 Å². The summed E-state index contributed by atoms with van der Waals surface area (Å²) in [5.74, 6) is 1.74. The second-order valence-electron chi connectivity index (χ2n) is 20.3. The van der Waals surface area contributed by atoms with E-state index in [0.717, 1.165) is 106 Å². The van der Waals surface area contributed by atoms with Gasteiger partial charge in [-0.05, 0) is 105 Å². The van der Waals surface area contributed by atoms with E-state index in [1.165, 1.54) is 21.5 Å². The Morgan fingerprint density at radius 3 is 1.12 bits per heavy atom. The smallest absolute Gasteiger partial charge is 0.164 e. The first-order chi connectivity index (χ1) is 39.7. The van der Waals surface area contributed by atoms with Crippen LogP contribution in [0.4, 0.5) is 0 Å². The number of benzene rings is 12. The lowest BCUT2D eigenvalue weighted by Crippen LogP contribution is -2.04. The maximum atomic E-state index is 5.57. The minimum absolute atomic E-state index is 0.569. The Bertz CT molecular complexity index is 4650. The summed E-state index contributed by atoms with van der Waals surface area (Å²) < 4.78 is 4.96. The molecule has 0 bridgehead atoms. The summed E-state index contributed by atoms with van der Waals surface area (Å²) >= 11 is 0. The fourth-order valence-electron chi connectivity index (χ4n) is 11.8. The van der Waals surface area contributed by atoms with Crippen LogP contribution in [0.15, 0.2) is 297 Å². The van der Waals surface area contributed by atoms with Crippen molar-refractivity contribution in [2.45, 2.75) is 0 Å². The first-order valence-corrected chi connectivity index (χ1v) is 27.2. The van der Waals surface area contributed by atoms with Gasteiger partial charge in [-0.25, -0.2) is 15.0 Å². The first-order valence-electron chi connectivity index (χ1n) is 27.2. The Hall–Kier alpha value is -10.8. The fourth-order valence-corrected chi connectivity index (χ4v) is 11.8. The predicted octanol–water partition coefficient (Wildman–Crippen LogP) is 19.4. The number of aromatic nitrogens is 5. The van der Waals surface area contributed by atoms with Crippen molar-refractivity contribution in [2.75, 3.05) is 0 Å². The van der Waals surface area contributed by atoms with Gasteiger partial charge in [-0.3, -0.25) is 0 Å². The molecule has 0 fully saturated rings. The summed E-state index contributed by atoms with van der Waals surface area (Å²) in [6.07, 6.45) is 0. The molecule has 0 aliphatic carbocycles. The molecule has 0 saturated carbocycles. The Kier molecular flexibility index (Phi) is 11.4. The molecule has 0 atom stereocenters. The van der Waals surface area contributed by atoms with Crippen molar-refractivity contribution in [2.24, 2.45) is 0 Å². The number of fused-ring (bicyclic) bond motifs is 7. The molecular weight excluding hydrogens is 971 g/mol. The van der Waals surface area contributed by atoms with E-state index in [0.29, 0.717) is 17.5 Å². The Morgan fingerprint density at radius 1 is 0.225 bits per heavy atom. The maximum Gasteiger partial charge on any atom is 0.164 e. The van der Waals surface area contributed by atoms with E-state index in [-0.39, 0.29) is 0 Å². The van der Waals surface area contributed by atoms with Crippen LogP contribution in [0.2, 0.25) is 0 Å². The topological polar surface area (TPSA) is 48.5 Å². The molecule has 5 heteroatoms. The van der Waals surface area contributed by atoms with E-state index >= 15 is 0 Å². The fraction of sp³-hybridized carbons (Fsp3) is 0. The Balaban J connectivity index is 1.04. The lowest BCUT2D eigenvalue weighted by atomic mass is 9.92. The average Bonchev–Trinajstić information content (AvgIpc) is 4.27. The van der Waals surface area contributed by atoms with E-state index in [4.69, 9.17) is 15.0 Å². The SMILES string of the molecule is c1ccc(-c2ccc(-c3nc(-c4cc(-c5ccccc5)cc(-c5ccccc5)c4)nc(-c4cc(-c5ccccc5)c(-n5c6ccccc6c6ccc7c(c8ccccc8n7-c7ccccc7)c65)c(-c5ccccc5)c4)n3)cc2)cc1. The summed E-state index contributed by atoms with van der Waals surface area (Å²) in [6.45, 7) is 0. The molecule has 0 saturated heterocycles. The van der Waals surface area contributed by atoms with Crippen molar-refractivity contribution in [1.29, 1.82) is 0 Å². The van der Waals surface area contributed by atoms with Gasteiger partial charge in [0.05, 0.1) is 27.8 Å². The van der Waals surface area contributed by atoms with Gasteiger partial charge in [-0.1, -0.05) is 237 Å². The molecule has 80 heavy (non-hydrogen) atoms. The van der Waals surface area contributed by atoms with E-state index < -0.39 is 0 Å². The molecule has 15 aromatic rings. The third-order valence-electron chi connectivity index (χ3n) is 15.5. The van der Waals surface area contributed by atoms with Gasteiger partial charge in [0, 0.05) is 55.0 Å². The zero-order valence-electron chi connectivity index (χ0n) is 43.5. The quantitative estimate of drug-likeness (QED) is 0.137. The van der Waals surface area contributed by atoms with Crippen molar-refractivity contribution >= 4 is 43.6 Å². The number of nitrogens with zero attached hydrogens (tertiary/aromatic N) is 5. The Morgan fingerprint density at radius 2 is 0.600 bits per heavy atom. The first kappa shape index (κ1) is 46.5. The minimum Gasteiger partial charge on any atom is -0.309 e. The van der Waals surface area contributed by atoms with Crippen LogP contribution in [0, 0.1) is 0 Å². The van der Waals surface area contributed by atoms with Crippen LogP contribution in [-0.2, 0) is 0 Å². The maximum absolute atomic E-state index is 5.57. The average molecular weight is 1020 g/mol. The molecule has 0 unspecified atom stereocenters. The lowest BCUT2D eigenvalue weighted by Gasteiger charge is -2.21. The zero-order valence-corrected chi connectivity index (χ0v) is 43.5. The molecule has 0 aliphatic rings. The van der Waals surface area contributed by atoms with Crippen molar-refractivity contribution in [3.8, 4) is 101 Å². The molecule has 0 spiro atoms. The van der Waals surface area contributed by atoms with Crippen LogP contribution < -0.4 is 0 Å². The van der Waals surface area contributed by atoms with Gasteiger partial charge >= 0.3 is 0 Å². The van der Waals surface area contributed by atoms with Crippen LogP contribution in [-0.4, -0.2) is 24.1 Å². The van der Waals surface area contributed by atoms with Gasteiger partial charge in [0.25, 0.3) is 0 Å². The molecule has 374 valence electrons. The highest BCUT2D eigenvalue weighted by atomic mass is 15.0.